The van der Waals surface area contributed by atoms with Crippen LogP contribution in [-0.2, 0) is 4.79 Å². The minimum atomic E-state index is -0.515. The maximum atomic E-state index is 13.4. The molecular formula is C17H13ClFN3O3. The van der Waals surface area contributed by atoms with E-state index in [2.05, 4.69) is 15.6 Å². The van der Waals surface area contributed by atoms with Gasteiger partial charge in [-0.2, -0.15) is 4.98 Å². The molecule has 0 radical (unpaired) electrons. The number of amides is 2. The third-order valence-corrected chi connectivity index (χ3v) is 3.57. The molecule has 2 aromatic carbocycles. The smallest absolute Gasteiger partial charge is 0.293 e. The number of nitrogens with zero attached hydrogens (tertiary/aromatic N) is 1. The molecule has 0 aliphatic carbocycles. The quantitative estimate of drug-likeness (QED) is 0.729. The van der Waals surface area contributed by atoms with Crippen molar-refractivity contribution in [3.63, 3.8) is 0 Å². The van der Waals surface area contributed by atoms with Crippen LogP contribution in [0, 0.1) is 5.82 Å². The summed E-state index contributed by atoms with van der Waals surface area (Å²) in [5.74, 6) is -1.28. The molecule has 0 atom stereocenters. The van der Waals surface area contributed by atoms with Crippen LogP contribution >= 0.6 is 11.6 Å². The van der Waals surface area contributed by atoms with Crippen molar-refractivity contribution in [1.82, 2.24) is 10.3 Å². The Morgan fingerprint density at radius 3 is 2.80 bits per heavy atom. The van der Waals surface area contributed by atoms with E-state index in [1.807, 2.05) is 0 Å². The summed E-state index contributed by atoms with van der Waals surface area (Å²) < 4.78 is 18.6. The number of nitrogens with one attached hydrogen (secondary N) is 2. The molecular weight excluding hydrogens is 349 g/mol. The van der Waals surface area contributed by atoms with E-state index in [1.54, 1.807) is 18.2 Å². The van der Waals surface area contributed by atoms with Crippen molar-refractivity contribution in [2.45, 2.75) is 6.42 Å². The number of para-hydroxylation sites is 1. The summed E-state index contributed by atoms with van der Waals surface area (Å²) in [5, 5.41) is 5.06. The minimum Gasteiger partial charge on any atom is -0.428 e. The van der Waals surface area contributed by atoms with Gasteiger partial charge < -0.3 is 15.1 Å². The van der Waals surface area contributed by atoms with Gasteiger partial charge in [-0.25, -0.2) is 4.39 Å². The number of hydrogen-bond donors (Lipinski definition) is 2. The number of halogens is 2. The third kappa shape index (κ3) is 4.13. The van der Waals surface area contributed by atoms with Gasteiger partial charge in [-0.15, -0.1) is 0 Å². The number of hydrogen-bond acceptors (Lipinski definition) is 4. The fourth-order valence-corrected chi connectivity index (χ4v) is 2.38. The largest absolute Gasteiger partial charge is 0.428 e. The van der Waals surface area contributed by atoms with Crippen molar-refractivity contribution in [3.05, 3.63) is 59.2 Å². The molecule has 6 nitrogen and oxygen atoms in total. The van der Waals surface area contributed by atoms with Gasteiger partial charge >= 0.3 is 0 Å². The Bertz CT molecular complexity index is 942. The van der Waals surface area contributed by atoms with E-state index in [-0.39, 0.29) is 29.9 Å². The summed E-state index contributed by atoms with van der Waals surface area (Å²) in [7, 11) is 0. The predicted molar refractivity (Wildman–Crippen MR) is 91.0 cm³/mol. The monoisotopic (exact) mass is 361 g/mol. The number of carbonyl (C=O) groups is 2. The molecule has 0 fully saturated rings. The van der Waals surface area contributed by atoms with E-state index in [4.69, 9.17) is 16.0 Å². The lowest BCUT2D eigenvalue weighted by Crippen LogP contribution is -2.27. The normalized spacial score (nSPS) is 10.6. The zero-order chi connectivity index (χ0) is 17.8. The average molecular weight is 362 g/mol. The average Bonchev–Trinajstić information content (AvgIpc) is 2.96. The molecule has 0 saturated heterocycles. The number of carbonyl (C=O) groups excluding carboxylic acids is 2. The molecule has 128 valence electrons. The second kappa shape index (κ2) is 7.31. The topological polar surface area (TPSA) is 84.2 Å². The van der Waals surface area contributed by atoms with Gasteiger partial charge in [0, 0.05) is 18.5 Å². The van der Waals surface area contributed by atoms with Crippen LogP contribution < -0.4 is 10.6 Å². The standard InChI is InChI=1S/C17H13ClFN3O3/c18-17-22-13-6-5-10(9-14(13)25-17)16(24)20-8-7-15(23)21-12-4-2-1-3-11(12)19/h1-6,9H,7-8H2,(H,20,24)(H,21,23). The molecule has 1 heterocycles. The summed E-state index contributed by atoms with van der Waals surface area (Å²) in [6.07, 6.45) is 0.0104. The maximum Gasteiger partial charge on any atom is 0.293 e. The molecule has 0 aliphatic heterocycles. The van der Waals surface area contributed by atoms with Crippen molar-refractivity contribution in [2.75, 3.05) is 11.9 Å². The van der Waals surface area contributed by atoms with Crippen LogP contribution in [-0.4, -0.2) is 23.3 Å². The number of benzene rings is 2. The lowest BCUT2D eigenvalue weighted by Gasteiger charge is -2.07. The summed E-state index contributed by atoms with van der Waals surface area (Å²) >= 11 is 5.66. The fraction of sp³-hybridized carbons (Fsp3) is 0.118. The molecule has 0 spiro atoms. The van der Waals surface area contributed by atoms with Crippen LogP contribution in [0.5, 0.6) is 0 Å². The number of aromatic nitrogens is 1. The van der Waals surface area contributed by atoms with Crippen molar-refractivity contribution >= 4 is 40.2 Å². The summed E-state index contributed by atoms with van der Waals surface area (Å²) in [6.45, 7) is 0.105. The zero-order valence-corrected chi connectivity index (χ0v) is 13.6. The third-order valence-electron chi connectivity index (χ3n) is 3.41. The molecule has 3 rings (SSSR count). The van der Waals surface area contributed by atoms with Gasteiger partial charge in [0.25, 0.3) is 11.3 Å². The molecule has 1 aromatic heterocycles. The van der Waals surface area contributed by atoms with Gasteiger partial charge in [-0.05, 0) is 41.9 Å². The van der Waals surface area contributed by atoms with Gasteiger partial charge in [0.15, 0.2) is 5.58 Å². The van der Waals surface area contributed by atoms with Gasteiger partial charge in [0.2, 0.25) is 5.91 Å². The number of anilines is 1. The second-order valence-electron chi connectivity index (χ2n) is 5.18. The highest BCUT2D eigenvalue weighted by molar-refractivity contribution is 6.28. The predicted octanol–water partition coefficient (Wildman–Crippen LogP) is 3.38. The van der Waals surface area contributed by atoms with Crippen molar-refractivity contribution in [1.29, 1.82) is 0 Å². The Kier molecular flexibility index (Phi) is 4.95. The van der Waals surface area contributed by atoms with E-state index in [0.717, 1.165) is 0 Å². The Morgan fingerprint density at radius 2 is 2.00 bits per heavy atom. The van der Waals surface area contributed by atoms with Crippen LogP contribution in [0.3, 0.4) is 0 Å². The second-order valence-corrected chi connectivity index (χ2v) is 5.51. The van der Waals surface area contributed by atoms with Crippen LogP contribution in [0.4, 0.5) is 10.1 Å². The molecule has 0 saturated carbocycles. The molecule has 2 N–H and O–H groups in total. The molecule has 3 aromatic rings. The van der Waals surface area contributed by atoms with Gasteiger partial charge in [-0.3, -0.25) is 9.59 Å². The highest BCUT2D eigenvalue weighted by Gasteiger charge is 2.11. The lowest BCUT2D eigenvalue weighted by molar-refractivity contribution is -0.116. The summed E-state index contributed by atoms with van der Waals surface area (Å²) in [6, 6.07) is 10.6. The first-order chi connectivity index (χ1) is 12.0. The first-order valence-corrected chi connectivity index (χ1v) is 7.79. The number of oxazole rings is 1. The summed E-state index contributed by atoms with van der Waals surface area (Å²) in [4.78, 5) is 27.8. The molecule has 2 amide bonds. The van der Waals surface area contributed by atoms with Crippen LogP contribution in [0.25, 0.3) is 11.1 Å². The SMILES string of the molecule is O=C(CCNC(=O)c1ccc2nc(Cl)oc2c1)Nc1ccccc1F. The van der Waals surface area contributed by atoms with Gasteiger partial charge in [0.1, 0.15) is 11.3 Å². The Balaban J connectivity index is 1.53. The van der Waals surface area contributed by atoms with E-state index >= 15 is 0 Å². The highest BCUT2D eigenvalue weighted by atomic mass is 35.5. The lowest BCUT2D eigenvalue weighted by atomic mass is 10.2. The first kappa shape index (κ1) is 16.9. The maximum absolute atomic E-state index is 13.4. The van der Waals surface area contributed by atoms with Crippen LogP contribution in [0.15, 0.2) is 46.9 Å². The van der Waals surface area contributed by atoms with E-state index in [0.29, 0.717) is 16.7 Å². The molecule has 0 bridgehead atoms. The Morgan fingerprint density at radius 1 is 1.20 bits per heavy atom. The van der Waals surface area contributed by atoms with E-state index in [1.165, 1.54) is 24.3 Å². The zero-order valence-electron chi connectivity index (χ0n) is 12.9. The van der Waals surface area contributed by atoms with Crippen molar-refractivity contribution < 1.29 is 18.4 Å². The van der Waals surface area contributed by atoms with E-state index < -0.39 is 11.7 Å². The molecule has 8 heteroatoms. The highest BCUT2D eigenvalue weighted by Crippen LogP contribution is 2.20. The van der Waals surface area contributed by atoms with Crippen LogP contribution in [0.1, 0.15) is 16.8 Å². The summed E-state index contributed by atoms with van der Waals surface area (Å²) in [5.41, 5.74) is 1.40. The van der Waals surface area contributed by atoms with Gasteiger partial charge in [-0.1, -0.05) is 12.1 Å². The molecule has 0 aliphatic rings. The fourth-order valence-electron chi connectivity index (χ4n) is 2.20. The van der Waals surface area contributed by atoms with Crippen molar-refractivity contribution in [3.8, 4) is 0 Å². The van der Waals surface area contributed by atoms with Crippen LogP contribution in [0.2, 0.25) is 5.35 Å². The molecule has 0 unspecified atom stereocenters. The molecule has 25 heavy (non-hydrogen) atoms. The first-order valence-electron chi connectivity index (χ1n) is 7.41. The van der Waals surface area contributed by atoms with E-state index in [9.17, 15) is 14.0 Å². The number of fused-ring (bicyclic) bond motifs is 1. The number of rotatable bonds is 5. The van der Waals surface area contributed by atoms with Gasteiger partial charge in [0.05, 0.1) is 5.69 Å². The van der Waals surface area contributed by atoms with Crippen molar-refractivity contribution in [2.24, 2.45) is 0 Å². The Labute approximate surface area is 147 Å². The Hall–Kier alpha value is -2.93. The minimum absolute atomic E-state index is 0.00243.